The molecule has 0 aliphatic heterocycles. The number of aryl methyl sites for hydroxylation is 1. The molecule has 1 heterocycles. The first-order valence-electron chi connectivity index (χ1n) is 8.64. The standard InChI is InChI=1S/C19H17F3N4O3S/c1-13-8-9-23-26(13)16-6-3-5-15(11-16)25-18(27)12-24-30(28,29)17-7-2-4-14(10-17)19(20,21)22/h2-11,24H,12H2,1H3,(H,25,27). The molecule has 158 valence electrons. The molecule has 2 aromatic carbocycles. The van der Waals surface area contributed by atoms with Gasteiger partial charge in [0, 0.05) is 17.6 Å². The zero-order valence-electron chi connectivity index (χ0n) is 15.6. The summed E-state index contributed by atoms with van der Waals surface area (Å²) < 4.78 is 66.5. The van der Waals surface area contributed by atoms with Crippen molar-refractivity contribution in [1.82, 2.24) is 14.5 Å². The number of hydrogen-bond acceptors (Lipinski definition) is 4. The maximum atomic E-state index is 12.8. The zero-order chi connectivity index (χ0) is 21.9. The van der Waals surface area contributed by atoms with Crippen LogP contribution in [0.15, 0.2) is 65.7 Å². The number of nitrogens with zero attached hydrogens (tertiary/aromatic N) is 2. The number of amides is 1. The summed E-state index contributed by atoms with van der Waals surface area (Å²) >= 11 is 0. The van der Waals surface area contributed by atoms with Crippen molar-refractivity contribution in [1.29, 1.82) is 0 Å². The van der Waals surface area contributed by atoms with Crippen molar-refractivity contribution in [2.45, 2.75) is 18.0 Å². The molecule has 11 heteroatoms. The van der Waals surface area contributed by atoms with Crippen molar-refractivity contribution >= 4 is 21.6 Å². The lowest BCUT2D eigenvalue weighted by Gasteiger charge is -2.11. The molecule has 3 rings (SSSR count). The van der Waals surface area contributed by atoms with Crippen LogP contribution >= 0.6 is 0 Å². The first-order valence-corrected chi connectivity index (χ1v) is 10.1. The monoisotopic (exact) mass is 438 g/mol. The van der Waals surface area contributed by atoms with Crippen LogP contribution in [0.4, 0.5) is 18.9 Å². The van der Waals surface area contributed by atoms with E-state index in [0.717, 1.165) is 23.9 Å². The number of carbonyl (C=O) groups is 1. The summed E-state index contributed by atoms with van der Waals surface area (Å²) in [5.41, 5.74) is 0.887. The Bertz CT molecular complexity index is 1170. The van der Waals surface area contributed by atoms with Gasteiger partial charge in [-0.3, -0.25) is 4.79 Å². The van der Waals surface area contributed by atoms with E-state index in [4.69, 9.17) is 0 Å². The highest BCUT2D eigenvalue weighted by Gasteiger charge is 2.31. The van der Waals surface area contributed by atoms with E-state index in [-0.39, 0.29) is 0 Å². The molecule has 0 fully saturated rings. The minimum absolute atomic E-state index is 0.408. The van der Waals surface area contributed by atoms with Gasteiger partial charge in [0.15, 0.2) is 0 Å². The lowest BCUT2D eigenvalue weighted by atomic mass is 10.2. The summed E-state index contributed by atoms with van der Waals surface area (Å²) in [7, 11) is -4.30. The first kappa shape index (κ1) is 21.5. The highest BCUT2D eigenvalue weighted by Crippen LogP contribution is 2.30. The van der Waals surface area contributed by atoms with Gasteiger partial charge in [-0.2, -0.15) is 18.3 Å². The third kappa shape index (κ3) is 5.05. The summed E-state index contributed by atoms with van der Waals surface area (Å²) in [5, 5.41) is 6.70. The predicted molar refractivity (Wildman–Crippen MR) is 104 cm³/mol. The molecule has 0 saturated carbocycles. The van der Waals surface area contributed by atoms with E-state index in [0.29, 0.717) is 17.4 Å². The predicted octanol–water partition coefficient (Wildman–Crippen LogP) is 3.12. The second-order valence-corrected chi connectivity index (χ2v) is 8.10. The normalized spacial score (nSPS) is 12.0. The Hall–Kier alpha value is -3.18. The lowest BCUT2D eigenvalue weighted by molar-refractivity contribution is -0.137. The van der Waals surface area contributed by atoms with Gasteiger partial charge in [-0.25, -0.2) is 17.8 Å². The Morgan fingerprint density at radius 1 is 1.10 bits per heavy atom. The number of sulfonamides is 1. The van der Waals surface area contributed by atoms with Gasteiger partial charge in [0.2, 0.25) is 15.9 Å². The van der Waals surface area contributed by atoms with E-state index in [1.165, 1.54) is 0 Å². The molecule has 0 spiro atoms. The van der Waals surface area contributed by atoms with Crippen LogP contribution in [-0.2, 0) is 21.0 Å². The van der Waals surface area contributed by atoms with Crippen molar-refractivity contribution in [3.63, 3.8) is 0 Å². The van der Waals surface area contributed by atoms with Gasteiger partial charge in [-0.1, -0.05) is 12.1 Å². The molecular formula is C19H17F3N4O3S. The van der Waals surface area contributed by atoms with Crippen molar-refractivity contribution in [2.75, 3.05) is 11.9 Å². The van der Waals surface area contributed by atoms with E-state index < -0.39 is 39.1 Å². The molecule has 0 atom stereocenters. The van der Waals surface area contributed by atoms with Crippen molar-refractivity contribution in [3.05, 3.63) is 72.1 Å². The Balaban J connectivity index is 1.67. The Kier molecular flexibility index (Phi) is 5.94. The van der Waals surface area contributed by atoms with Crippen LogP contribution in [0.2, 0.25) is 0 Å². The largest absolute Gasteiger partial charge is 0.416 e. The van der Waals surface area contributed by atoms with Gasteiger partial charge in [0.25, 0.3) is 0 Å². The highest BCUT2D eigenvalue weighted by molar-refractivity contribution is 7.89. The van der Waals surface area contributed by atoms with E-state index in [2.05, 4.69) is 10.4 Å². The lowest BCUT2D eigenvalue weighted by Crippen LogP contribution is -2.33. The van der Waals surface area contributed by atoms with E-state index in [1.807, 2.05) is 17.7 Å². The van der Waals surface area contributed by atoms with Crippen LogP contribution < -0.4 is 10.0 Å². The average molecular weight is 438 g/mol. The molecule has 30 heavy (non-hydrogen) atoms. The van der Waals surface area contributed by atoms with Crippen molar-refractivity contribution < 1.29 is 26.4 Å². The molecule has 3 aromatic rings. The van der Waals surface area contributed by atoms with Gasteiger partial charge in [0.05, 0.1) is 22.7 Å². The maximum Gasteiger partial charge on any atom is 0.416 e. The van der Waals surface area contributed by atoms with Gasteiger partial charge in [-0.15, -0.1) is 0 Å². The van der Waals surface area contributed by atoms with Crippen molar-refractivity contribution in [3.8, 4) is 5.69 Å². The van der Waals surface area contributed by atoms with Crippen LogP contribution in [0.5, 0.6) is 0 Å². The number of halogens is 3. The fourth-order valence-electron chi connectivity index (χ4n) is 2.64. The fraction of sp³-hybridized carbons (Fsp3) is 0.158. The molecule has 0 unspecified atom stereocenters. The third-order valence-electron chi connectivity index (χ3n) is 4.10. The number of nitrogens with one attached hydrogen (secondary N) is 2. The third-order valence-corrected chi connectivity index (χ3v) is 5.50. The van der Waals surface area contributed by atoms with Crippen molar-refractivity contribution in [2.24, 2.45) is 0 Å². The van der Waals surface area contributed by atoms with Crippen LogP contribution in [0, 0.1) is 6.92 Å². The number of hydrogen-bond donors (Lipinski definition) is 2. The number of benzene rings is 2. The average Bonchev–Trinajstić information content (AvgIpc) is 3.12. The minimum atomic E-state index is -4.68. The van der Waals surface area contributed by atoms with E-state index in [1.54, 1.807) is 35.1 Å². The van der Waals surface area contributed by atoms with Gasteiger partial charge in [0.1, 0.15) is 0 Å². The van der Waals surface area contributed by atoms with Crippen LogP contribution in [0.3, 0.4) is 0 Å². The number of aromatic nitrogens is 2. The molecule has 1 aromatic heterocycles. The number of carbonyl (C=O) groups excluding carboxylic acids is 1. The second kappa shape index (κ2) is 8.28. The summed E-state index contributed by atoms with van der Waals surface area (Å²) in [4.78, 5) is 11.6. The van der Waals surface area contributed by atoms with Crippen LogP contribution in [-0.4, -0.2) is 30.7 Å². The molecule has 7 nitrogen and oxygen atoms in total. The molecule has 0 aliphatic rings. The fourth-order valence-corrected chi connectivity index (χ4v) is 3.67. The number of rotatable bonds is 6. The second-order valence-electron chi connectivity index (χ2n) is 6.33. The van der Waals surface area contributed by atoms with Crippen LogP contribution in [0.1, 0.15) is 11.3 Å². The van der Waals surface area contributed by atoms with Gasteiger partial charge >= 0.3 is 6.18 Å². The SMILES string of the molecule is Cc1ccnn1-c1cccc(NC(=O)CNS(=O)(=O)c2cccc(C(F)(F)F)c2)c1. The number of alkyl halides is 3. The number of anilines is 1. The molecule has 2 N–H and O–H groups in total. The Morgan fingerprint density at radius 3 is 2.50 bits per heavy atom. The first-order chi connectivity index (χ1) is 14.1. The summed E-state index contributed by atoms with van der Waals surface area (Å²) in [5.74, 6) is -0.681. The zero-order valence-corrected chi connectivity index (χ0v) is 16.5. The molecule has 1 amide bonds. The quantitative estimate of drug-likeness (QED) is 0.619. The van der Waals surface area contributed by atoms with E-state index >= 15 is 0 Å². The molecular weight excluding hydrogens is 421 g/mol. The summed E-state index contributed by atoms with van der Waals surface area (Å²) in [6.07, 6.45) is -3.05. The molecule has 0 bridgehead atoms. The molecule has 0 aliphatic carbocycles. The molecule has 0 saturated heterocycles. The smallest absolute Gasteiger partial charge is 0.325 e. The Labute approximate surface area is 170 Å². The van der Waals surface area contributed by atoms with Gasteiger partial charge < -0.3 is 5.32 Å². The maximum absolute atomic E-state index is 12.8. The molecule has 0 radical (unpaired) electrons. The highest BCUT2D eigenvalue weighted by atomic mass is 32.2. The van der Waals surface area contributed by atoms with E-state index in [9.17, 15) is 26.4 Å². The summed E-state index contributed by atoms with van der Waals surface area (Å²) in [6.45, 7) is 1.21. The van der Waals surface area contributed by atoms with Crippen LogP contribution in [0.25, 0.3) is 5.69 Å². The summed E-state index contributed by atoms with van der Waals surface area (Å²) in [6, 6.07) is 11.8. The van der Waals surface area contributed by atoms with Gasteiger partial charge in [-0.05, 0) is 49.4 Å². The Morgan fingerprint density at radius 2 is 1.83 bits per heavy atom. The topological polar surface area (TPSA) is 93.1 Å². The minimum Gasteiger partial charge on any atom is -0.325 e.